The third-order valence-corrected chi connectivity index (χ3v) is 4.65. The number of aryl methyl sites for hydroxylation is 2. The maximum absolute atomic E-state index is 7.40. The first kappa shape index (κ1) is 14.9. The number of nitrogens with two attached hydrogens (primary N) is 1. The smallest absolute Gasteiger partial charge is 0.122 e. The normalized spacial score (nSPS) is 10.6. The fraction of sp³-hybridized carbons (Fsp3) is 0.188. The molecule has 0 spiro atoms. The van der Waals surface area contributed by atoms with Crippen LogP contribution in [0, 0.1) is 19.3 Å². The van der Waals surface area contributed by atoms with Gasteiger partial charge < -0.3 is 5.73 Å². The summed E-state index contributed by atoms with van der Waals surface area (Å²) >= 11 is 8.01. The number of hydrogen-bond donors (Lipinski definition) is 2. The number of benzene rings is 2. The van der Waals surface area contributed by atoms with Gasteiger partial charge in [0.05, 0.1) is 0 Å². The third kappa shape index (κ3) is 3.56. The molecule has 20 heavy (non-hydrogen) atoms. The minimum Gasteiger partial charge on any atom is -0.384 e. The van der Waals surface area contributed by atoms with Gasteiger partial charge in [-0.15, -0.1) is 11.8 Å². The first-order valence-corrected chi connectivity index (χ1v) is 7.66. The highest BCUT2D eigenvalue weighted by Crippen LogP contribution is 2.29. The van der Waals surface area contributed by atoms with Crippen molar-refractivity contribution in [1.29, 1.82) is 5.41 Å². The highest BCUT2D eigenvalue weighted by molar-refractivity contribution is 7.98. The van der Waals surface area contributed by atoms with Crippen LogP contribution >= 0.6 is 23.4 Å². The van der Waals surface area contributed by atoms with E-state index in [0.717, 1.165) is 11.3 Å². The van der Waals surface area contributed by atoms with E-state index >= 15 is 0 Å². The maximum Gasteiger partial charge on any atom is 0.122 e. The summed E-state index contributed by atoms with van der Waals surface area (Å²) in [6, 6.07) is 12.0. The summed E-state index contributed by atoms with van der Waals surface area (Å²) in [6.07, 6.45) is 0. The molecule has 104 valence electrons. The molecule has 0 saturated heterocycles. The molecular formula is C16H17ClN2S. The number of rotatable bonds is 4. The minimum absolute atomic E-state index is 0.0421. The van der Waals surface area contributed by atoms with Gasteiger partial charge in [0.25, 0.3) is 0 Å². The lowest BCUT2D eigenvalue weighted by molar-refractivity contribution is 1.25. The van der Waals surface area contributed by atoms with Crippen LogP contribution in [0.1, 0.15) is 22.3 Å². The highest BCUT2D eigenvalue weighted by atomic mass is 35.5. The van der Waals surface area contributed by atoms with E-state index in [9.17, 15) is 0 Å². The Hall–Kier alpha value is -1.45. The van der Waals surface area contributed by atoms with Gasteiger partial charge >= 0.3 is 0 Å². The molecule has 4 heteroatoms. The molecule has 2 nitrogen and oxygen atoms in total. The van der Waals surface area contributed by atoms with Crippen LogP contribution in [0.25, 0.3) is 0 Å². The van der Waals surface area contributed by atoms with Crippen molar-refractivity contribution in [3.63, 3.8) is 0 Å². The molecule has 2 aromatic carbocycles. The van der Waals surface area contributed by atoms with Gasteiger partial charge in [-0.2, -0.15) is 0 Å². The Morgan fingerprint density at radius 1 is 1.20 bits per heavy atom. The predicted octanol–water partition coefficient (Wildman–Crippen LogP) is 4.53. The quantitative estimate of drug-likeness (QED) is 0.495. The van der Waals surface area contributed by atoms with Crippen molar-refractivity contribution < 1.29 is 0 Å². The average Bonchev–Trinajstić information content (AvgIpc) is 2.38. The van der Waals surface area contributed by atoms with Crippen LogP contribution in [0.4, 0.5) is 0 Å². The van der Waals surface area contributed by atoms with E-state index in [-0.39, 0.29) is 5.84 Å². The summed E-state index contributed by atoms with van der Waals surface area (Å²) in [5, 5.41) is 8.06. The second-order valence-corrected chi connectivity index (χ2v) is 6.20. The summed E-state index contributed by atoms with van der Waals surface area (Å²) in [6.45, 7) is 4.22. The molecule has 3 N–H and O–H groups in total. The number of halogens is 1. The van der Waals surface area contributed by atoms with Gasteiger partial charge in [-0.1, -0.05) is 41.4 Å². The lowest BCUT2D eigenvalue weighted by Crippen LogP contribution is -2.10. The van der Waals surface area contributed by atoms with Crippen molar-refractivity contribution in [2.75, 3.05) is 0 Å². The highest BCUT2D eigenvalue weighted by Gasteiger charge is 2.06. The Labute approximate surface area is 128 Å². The molecule has 0 unspecified atom stereocenters. The first-order valence-electron chi connectivity index (χ1n) is 6.30. The topological polar surface area (TPSA) is 49.9 Å². The second-order valence-electron chi connectivity index (χ2n) is 4.78. The van der Waals surface area contributed by atoms with Crippen molar-refractivity contribution in [3.8, 4) is 0 Å². The number of amidine groups is 1. The fourth-order valence-electron chi connectivity index (χ4n) is 1.95. The van der Waals surface area contributed by atoms with Crippen LogP contribution < -0.4 is 5.73 Å². The van der Waals surface area contributed by atoms with E-state index in [1.54, 1.807) is 17.8 Å². The molecule has 0 heterocycles. The van der Waals surface area contributed by atoms with Crippen molar-refractivity contribution in [1.82, 2.24) is 0 Å². The van der Waals surface area contributed by atoms with E-state index in [0.29, 0.717) is 10.6 Å². The number of hydrogen-bond acceptors (Lipinski definition) is 2. The Bertz CT molecular complexity index is 653. The van der Waals surface area contributed by atoms with Crippen molar-refractivity contribution >= 4 is 29.2 Å². The summed E-state index contributed by atoms with van der Waals surface area (Å²) in [7, 11) is 0. The second kappa shape index (κ2) is 6.33. The van der Waals surface area contributed by atoms with Crippen LogP contribution in [0.2, 0.25) is 5.02 Å². The molecule has 0 radical (unpaired) electrons. The Balaban J connectivity index is 2.13. The summed E-state index contributed by atoms with van der Waals surface area (Å²) < 4.78 is 0. The lowest BCUT2D eigenvalue weighted by Gasteiger charge is -2.09. The fourth-order valence-corrected chi connectivity index (χ4v) is 3.29. The van der Waals surface area contributed by atoms with Gasteiger partial charge in [0.2, 0.25) is 0 Å². The monoisotopic (exact) mass is 304 g/mol. The van der Waals surface area contributed by atoms with Crippen LogP contribution in [0.5, 0.6) is 0 Å². The zero-order chi connectivity index (χ0) is 14.7. The van der Waals surface area contributed by atoms with Crippen molar-refractivity contribution in [2.24, 2.45) is 5.73 Å². The van der Waals surface area contributed by atoms with Gasteiger partial charge in [0, 0.05) is 21.2 Å². The van der Waals surface area contributed by atoms with Crippen LogP contribution in [0.15, 0.2) is 41.3 Å². The molecule has 0 bridgehead atoms. The van der Waals surface area contributed by atoms with E-state index < -0.39 is 0 Å². The lowest BCUT2D eigenvalue weighted by atomic mass is 10.1. The first-order chi connectivity index (χ1) is 9.47. The predicted molar refractivity (Wildman–Crippen MR) is 87.9 cm³/mol. The number of nitrogen functional groups attached to an aromatic ring is 1. The molecule has 0 saturated carbocycles. The molecule has 0 aromatic heterocycles. The molecule has 0 aliphatic carbocycles. The van der Waals surface area contributed by atoms with Gasteiger partial charge in [-0.25, -0.2) is 0 Å². The van der Waals surface area contributed by atoms with Gasteiger partial charge in [-0.3, -0.25) is 5.41 Å². The Kier molecular flexibility index (Phi) is 4.73. The largest absolute Gasteiger partial charge is 0.384 e. The summed E-state index contributed by atoms with van der Waals surface area (Å²) in [5.41, 5.74) is 9.73. The van der Waals surface area contributed by atoms with Crippen molar-refractivity contribution in [3.05, 3.63) is 63.7 Å². The van der Waals surface area contributed by atoms with E-state index in [2.05, 4.69) is 32.0 Å². The van der Waals surface area contributed by atoms with Gasteiger partial charge in [0.15, 0.2) is 0 Å². The van der Waals surface area contributed by atoms with Crippen LogP contribution in [0.3, 0.4) is 0 Å². The molecule has 0 aliphatic heterocycles. The molecule has 0 aliphatic rings. The molecule has 0 amide bonds. The molecule has 0 atom stereocenters. The number of thioether (sulfide) groups is 1. The number of nitrogens with one attached hydrogen (secondary N) is 1. The molecule has 2 aromatic rings. The zero-order valence-corrected chi connectivity index (χ0v) is 13.1. The minimum atomic E-state index is 0.0421. The van der Waals surface area contributed by atoms with E-state index in [1.165, 1.54) is 16.0 Å². The molecule has 2 rings (SSSR count). The summed E-state index contributed by atoms with van der Waals surface area (Å²) in [5.74, 6) is 0.849. The Morgan fingerprint density at radius 3 is 2.55 bits per heavy atom. The molecular weight excluding hydrogens is 288 g/mol. The van der Waals surface area contributed by atoms with Crippen molar-refractivity contribution in [2.45, 2.75) is 24.5 Å². The standard InChI is InChI=1S/C16H17ClN2S/c1-10-3-6-15(11(2)7-10)20-9-13-5-4-12(16(18)19)8-14(13)17/h3-8H,9H2,1-2H3,(H3,18,19). The average molecular weight is 305 g/mol. The van der Waals surface area contributed by atoms with E-state index in [1.807, 2.05) is 12.1 Å². The molecule has 0 fully saturated rings. The zero-order valence-electron chi connectivity index (χ0n) is 11.5. The van der Waals surface area contributed by atoms with Gasteiger partial charge in [0.1, 0.15) is 5.84 Å². The maximum atomic E-state index is 7.40. The van der Waals surface area contributed by atoms with Crippen LogP contribution in [-0.2, 0) is 5.75 Å². The van der Waals surface area contributed by atoms with Crippen LogP contribution in [-0.4, -0.2) is 5.84 Å². The SMILES string of the molecule is Cc1ccc(SCc2ccc(C(=N)N)cc2Cl)c(C)c1. The third-order valence-electron chi connectivity index (χ3n) is 3.08. The summed E-state index contributed by atoms with van der Waals surface area (Å²) in [4.78, 5) is 1.27. The van der Waals surface area contributed by atoms with E-state index in [4.69, 9.17) is 22.7 Å². The Morgan fingerprint density at radius 2 is 1.95 bits per heavy atom. The van der Waals surface area contributed by atoms with Gasteiger partial charge in [-0.05, 0) is 37.1 Å².